The summed E-state index contributed by atoms with van der Waals surface area (Å²) >= 11 is 2.47. The Morgan fingerprint density at radius 1 is 1.58 bits per heavy atom. The summed E-state index contributed by atoms with van der Waals surface area (Å²) in [4.78, 5) is 4.08. The van der Waals surface area contributed by atoms with E-state index < -0.39 is 0 Å². The van der Waals surface area contributed by atoms with Crippen molar-refractivity contribution in [3.63, 3.8) is 0 Å². The zero-order valence-electron chi connectivity index (χ0n) is 6.20. The summed E-state index contributed by atoms with van der Waals surface area (Å²) in [5.74, 6) is 0.585. The molecule has 1 aromatic heterocycles. The molecule has 0 aliphatic rings. The molecule has 1 aromatic rings. The number of ether oxygens (including phenoxy) is 1. The van der Waals surface area contributed by atoms with Gasteiger partial charge in [0.2, 0.25) is 0 Å². The number of nitrogens with zero attached hydrogens (tertiary/aromatic N) is 1. The van der Waals surface area contributed by atoms with E-state index in [0.717, 1.165) is 0 Å². The van der Waals surface area contributed by atoms with Crippen molar-refractivity contribution in [1.29, 1.82) is 0 Å². The molecule has 0 aliphatic carbocycles. The Labute approximate surface area is 91.0 Å². The molecule has 1 heterocycles. The molecular weight excluding hydrogens is 384 g/mol. The summed E-state index contributed by atoms with van der Waals surface area (Å²) in [6, 6.07) is 3.85. The van der Waals surface area contributed by atoms with Gasteiger partial charge >= 0.3 is 91.7 Å². The molecule has 0 saturated heterocycles. The molecule has 12 heavy (non-hydrogen) atoms. The van der Waals surface area contributed by atoms with Gasteiger partial charge in [0.05, 0.1) is 0 Å². The van der Waals surface area contributed by atoms with Crippen LogP contribution in [0, 0.1) is 3.57 Å². The van der Waals surface area contributed by atoms with Gasteiger partial charge in [-0.15, -0.1) is 0 Å². The number of aliphatic hydroxyl groups is 1. The first-order valence-electron chi connectivity index (χ1n) is 3.32. The molecule has 0 aromatic carbocycles. The minimum atomic E-state index is 0.0304. The van der Waals surface area contributed by atoms with Crippen molar-refractivity contribution in [1.82, 2.24) is 4.98 Å². The van der Waals surface area contributed by atoms with Crippen molar-refractivity contribution in [2.75, 3.05) is 13.2 Å². The zero-order chi connectivity index (χ0) is 8.81. The zero-order valence-corrected chi connectivity index (χ0v) is 10.5. The van der Waals surface area contributed by atoms with E-state index in [1.54, 1.807) is 0 Å². The second kappa shape index (κ2) is 5.92. The van der Waals surface area contributed by atoms with Gasteiger partial charge in [-0.25, -0.2) is 0 Å². The predicted molar refractivity (Wildman–Crippen MR) is 49.5 cm³/mol. The SMILES string of the molecule is OCCOc1ccc([I-]I)cn1. The van der Waals surface area contributed by atoms with Gasteiger partial charge in [0, 0.05) is 0 Å². The van der Waals surface area contributed by atoms with Crippen molar-refractivity contribution >= 4 is 18.6 Å². The van der Waals surface area contributed by atoms with E-state index in [4.69, 9.17) is 9.84 Å². The third-order valence-corrected chi connectivity index (χ3v) is 5.39. The maximum absolute atomic E-state index is 8.48. The van der Waals surface area contributed by atoms with Crippen molar-refractivity contribution in [3.8, 4) is 5.88 Å². The normalized spacial score (nSPS) is 10.2. The second-order valence-electron chi connectivity index (χ2n) is 1.96. The molecule has 0 amide bonds. The van der Waals surface area contributed by atoms with E-state index in [0.29, 0.717) is 12.5 Å². The number of aromatic nitrogens is 1. The standard InChI is InChI=1S/C7H8I2NO2/c8-9-6-1-2-7(10-5-6)12-4-3-11/h1-2,5,11H,3-4H2/q-1. The number of hydrogen-bond donors (Lipinski definition) is 1. The first-order valence-corrected chi connectivity index (χ1v) is 10.7. The molecule has 0 atom stereocenters. The Hall–Kier alpha value is 0.370. The summed E-state index contributed by atoms with van der Waals surface area (Å²) in [5.41, 5.74) is 0. The van der Waals surface area contributed by atoms with E-state index in [2.05, 4.69) is 23.6 Å². The average Bonchev–Trinajstić information content (AvgIpc) is 2.15. The molecule has 3 nitrogen and oxygen atoms in total. The third-order valence-electron chi connectivity index (χ3n) is 1.12. The van der Waals surface area contributed by atoms with Gasteiger partial charge in [0.25, 0.3) is 0 Å². The topological polar surface area (TPSA) is 42.4 Å². The van der Waals surface area contributed by atoms with Crippen molar-refractivity contribution < 1.29 is 27.1 Å². The predicted octanol–water partition coefficient (Wildman–Crippen LogP) is -1.94. The maximum atomic E-state index is 8.48. The molecule has 0 saturated carbocycles. The van der Waals surface area contributed by atoms with E-state index in [1.165, 1.54) is 3.57 Å². The number of aliphatic hydroxyl groups excluding tert-OH is 1. The van der Waals surface area contributed by atoms with Crippen LogP contribution in [0.2, 0.25) is 0 Å². The fourth-order valence-electron chi connectivity index (χ4n) is 0.640. The van der Waals surface area contributed by atoms with Gasteiger partial charge in [-0.05, 0) is 0 Å². The molecule has 1 rings (SSSR count). The van der Waals surface area contributed by atoms with Gasteiger partial charge in [0.1, 0.15) is 0 Å². The summed E-state index contributed by atoms with van der Waals surface area (Å²) in [7, 11) is 0. The van der Waals surface area contributed by atoms with Gasteiger partial charge in [-0.3, -0.25) is 0 Å². The van der Waals surface area contributed by atoms with Gasteiger partial charge in [-0.2, -0.15) is 0 Å². The van der Waals surface area contributed by atoms with E-state index in [1.807, 2.05) is 18.3 Å². The first-order chi connectivity index (χ1) is 5.86. The Morgan fingerprint density at radius 3 is 2.92 bits per heavy atom. The minimum absolute atomic E-state index is 0.0304. The van der Waals surface area contributed by atoms with Gasteiger partial charge in [-0.1, -0.05) is 0 Å². The average molecular weight is 392 g/mol. The first kappa shape index (κ1) is 10.5. The molecular formula is C7H8I2NO2-. The van der Waals surface area contributed by atoms with Crippen molar-refractivity contribution in [2.24, 2.45) is 0 Å². The molecule has 0 unspecified atom stereocenters. The van der Waals surface area contributed by atoms with Crippen LogP contribution in [0.5, 0.6) is 5.88 Å². The van der Waals surface area contributed by atoms with Crippen LogP contribution >= 0.6 is 18.6 Å². The van der Waals surface area contributed by atoms with Crippen LogP contribution in [0.25, 0.3) is 0 Å². The van der Waals surface area contributed by atoms with Crippen LogP contribution in [0.1, 0.15) is 0 Å². The van der Waals surface area contributed by atoms with E-state index in [9.17, 15) is 0 Å². The fourth-order valence-corrected chi connectivity index (χ4v) is 2.82. The third kappa shape index (κ3) is 3.40. The molecule has 0 bridgehead atoms. The number of rotatable bonds is 4. The van der Waals surface area contributed by atoms with E-state index in [-0.39, 0.29) is 23.8 Å². The van der Waals surface area contributed by atoms with Crippen molar-refractivity contribution in [3.05, 3.63) is 21.9 Å². The van der Waals surface area contributed by atoms with Crippen LogP contribution in [-0.4, -0.2) is 23.3 Å². The molecule has 0 radical (unpaired) electrons. The quantitative estimate of drug-likeness (QED) is 0.607. The Kier molecular flexibility index (Phi) is 5.16. The second-order valence-corrected chi connectivity index (χ2v) is 6.35. The Bertz CT molecular complexity index is 227. The van der Waals surface area contributed by atoms with Crippen molar-refractivity contribution in [2.45, 2.75) is 0 Å². The Morgan fingerprint density at radius 2 is 2.42 bits per heavy atom. The fraction of sp³-hybridized carbons (Fsp3) is 0.286. The molecule has 0 fully saturated rings. The molecule has 68 valence electrons. The summed E-state index contributed by atoms with van der Waals surface area (Å²) < 4.78 is 6.39. The van der Waals surface area contributed by atoms with Crippen LogP contribution in [-0.2, 0) is 0 Å². The number of pyridine rings is 1. The van der Waals surface area contributed by atoms with E-state index >= 15 is 0 Å². The monoisotopic (exact) mass is 392 g/mol. The molecule has 0 aliphatic heterocycles. The summed E-state index contributed by atoms with van der Waals surface area (Å²) in [6.45, 7) is 0.342. The molecule has 0 spiro atoms. The Balaban J connectivity index is 2.53. The summed E-state index contributed by atoms with van der Waals surface area (Å²) in [5, 5.41) is 8.48. The number of halogens is 2. The molecule has 1 N–H and O–H groups in total. The van der Waals surface area contributed by atoms with Crippen LogP contribution in [0.15, 0.2) is 18.3 Å². The number of hydrogen-bond acceptors (Lipinski definition) is 3. The van der Waals surface area contributed by atoms with Gasteiger partial charge < -0.3 is 0 Å². The van der Waals surface area contributed by atoms with Crippen LogP contribution in [0.4, 0.5) is 0 Å². The van der Waals surface area contributed by atoms with Crippen LogP contribution < -0.4 is 22.0 Å². The summed E-state index contributed by atoms with van der Waals surface area (Å²) in [6.07, 6.45) is 1.83. The van der Waals surface area contributed by atoms with Gasteiger partial charge in [0.15, 0.2) is 0 Å². The van der Waals surface area contributed by atoms with Crippen LogP contribution in [0.3, 0.4) is 0 Å². The molecule has 5 heteroatoms.